The van der Waals surface area contributed by atoms with E-state index in [9.17, 15) is 20.0 Å². The van der Waals surface area contributed by atoms with E-state index in [2.05, 4.69) is 15.1 Å². The molecule has 0 fully saturated rings. The first-order chi connectivity index (χ1) is 13.0. The SMILES string of the molecule is O=c1[nH]c2c(-c3ccncc3)cnn2c(O)c1Cc1ccc([N+](=O)[O-])cc1. The van der Waals surface area contributed by atoms with Crippen molar-refractivity contribution in [3.8, 4) is 17.0 Å². The van der Waals surface area contributed by atoms with Crippen molar-refractivity contribution >= 4 is 11.3 Å². The Kier molecular flexibility index (Phi) is 3.88. The van der Waals surface area contributed by atoms with Crippen molar-refractivity contribution in [1.29, 1.82) is 0 Å². The molecule has 0 spiro atoms. The third-order valence-electron chi connectivity index (χ3n) is 4.27. The van der Waals surface area contributed by atoms with Gasteiger partial charge in [-0.3, -0.25) is 19.9 Å². The van der Waals surface area contributed by atoms with Gasteiger partial charge in [-0.2, -0.15) is 9.61 Å². The average molecular weight is 363 g/mol. The normalized spacial score (nSPS) is 11.0. The molecule has 4 aromatic rings. The Morgan fingerprint density at radius 2 is 1.85 bits per heavy atom. The minimum atomic E-state index is -0.496. The van der Waals surface area contributed by atoms with Crippen molar-refractivity contribution in [3.05, 3.63) is 86.6 Å². The first-order valence-electron chi connectivity index (χ1n) is 8.00. The number of hydrogen-bond acceptors (Lipinski definition) is 6. The van der Waals surface area contributed by atoms with E-state index < -0.39 is 10.5 Å². The van der Waals surface area contributed by atoms with Gasteiger partial charge in [-0.05, 0) is 23.3 Å². The zero-order valence-electron chi connectivity index (χ0n) is 13.9. The highest BCUT2D eigenvalue weighted by atomic mass is 16.6. The van der Waals surface area contributed by atoms with Gasteiger partial charge in [-0.25, -0.2) is 0 Å². The van der Waals surface area contributed by atoms with Crippen LogP contribution in [0.25, 0.3) is 16.8 Å². The Morgan fingerprint density at radius 1 is 1.15 bits per heavy atom. The first kappa shape index (κ1) is 16.5. The first-order valence-corrected chi connectivity index (χ1v) is 8.00. The minimum absolute atomic E-state index is 0.0404. The van der Waals surface area contributed by atoms with Gasteiger partial charge in [0.05, 0.1) is 16.7 Å². The Labute approximate surface area is 151 Å². The summed E-state index contributed by atoms with van der Waals surface area (Å²) in [7, 11) is 0. The van der Waals surface area contributed by atoms with Gasteiger partial charge in [0, 0.05) is 36.5 Å². The maximum atomic E-state index is 12.5. The summed E-state index contributed by atoms with van der Waals surface area (Å²) >= 11 is 0. The summed E-state index contributed by atoms with van der Waals surface area (Å²) in [5.74, 6) is -0.271. The number of non-ortho nitro benzene ring substituents is 1. The topological polar surface area (TPSA) is 126 Å². The Morgan fingerprint density at radius 3 is 2.52 bits per heavy atom. The molecule has 0 amide bonds. The van der Waals surface area contributed by atoms with Gasteiger partial charge in [0.2, 0.25) is 5.88 Å². The number of aromatic nitrogens is 4. The van der Waals surface area contributed by atoms with Gasteiger partial charge < -0.3 is 10.1 Å². The number of hydrogen-bond donors (Lipinski definition) is 2. The zero-order valence-corrected chi connectivity index (χ0v) is 13.9. The van der Waals surface area contributed by atoms with Crippen LogP contribution in [0.2, 0.25) is 0 Å². The number of fused-ring (bicyclic) bond motifs is 1. The van der Waals surface area contributed by atoms with Gasteiger partial charge in [-0.1, -0.05) is 12.1 Å². The van der Waals surface area contributed by atoms with Crippen LogP contribution >= 0.6 is 0 Å². The number of nitro benzene ring substituents is 1. The predicted octanol–water partition coefficient (Wildman–Crippen LogP) is 2.29. The molecule has 0 atom stereocenters. The lowest BCUT2D eigenvalue weighted by molar-refractivity contribution is -0.384. The van der Waals surface area contributed by atoms with E-state index in [1.807, 2.05) is 0 Å². The summed E-state index contributed by atoms with van der Waals surface area (Å²) in [4.78, 5) is 29.5. The van der Waals surface area contributed by atoms with Crippen LogP contribution in [0.1, 0.15) is 11.1 Å². The van der Waals surface area contributed by atoms with E-state index in [0.29, 0.717) is 16.8 Å². The van der Waals surface area contributed by atoms with Crippen molar-refractivity contribution in [3.63, 3.8) is 0 Å². The number of nitrogens with one attached hydrogen (secondary N) is 1. The van der Waals surface area contributed by atoms with Gasteiger partial charge in [0.25, 0.3) is 11.2 Å². The van der Waals surface area contributed by atoms with Gasteiger partial charge in [-0.15, -0.1) is 0 Å². The molecule has 3 heterocycles. The van der Waals surface area contributed by atoms with Crippen LogP contribution in [0.3, 0.4) is 0 Å². The maximum Gasteiger partial charge on any atom is 0.269 e. The number of rotatable bonds is 4. The summed E-state index contributed by atoms with van der Waals surface area (Å²) in [6.45, 7) is 0. The number of H-pyrrole nitrogens is 1. The standard InChI is InChI=1S/C18H13N5O4/c24-17-14(9-11-1-3-13(4-2-11)23(26)27)18(25)22-16(21-17)15(10-20-22)12-5-7-19-8-6-12/h1-8,10,25H,9H2,(H,21,24). The summed E-state index contributed by atoms with van der Waals surface area (Å²) in [6, 6.07) is 9.36. The molecule has 2 N–H and O–H groups in total. The molecule has 9 heteroatoms. The highest BCUT2D eigenvalue weighted by Crippen LogP contribution is 2.26. The largest absolute Gasteiger partial charge is 0.493 e. The van der Waals surface area contributed by atoms with Crippen LogP contribution in [0.5, 0.6) is 5.88 Å². The van der Waals surface area contributed by atoms with Crippen molar-refractivity contribution in [1.82, 2.24) is 19.6 Å². The zero-order chi connectivity index (χ0) is 19.0. The number of nitro groups is 1. The van der Waals surface area contributed by atoms with Crippen LogP contribution in [0, 0.1) is 10.1 Å². The second-order valence-corrected chi connectivity index (χ2v) is 5.91. The molecule has 0 aliphatic heterocycles. The summed E-state index contributed by atoms with van der Waals surface area (Å²) in [5, 5.41) is 25.5. The summed E-state index contributed by atoms with van der Waals surface area (Å²) in [5.41, 5.74) is 2.12. The number of pyridine rings is 1. The Hall–Kier alpha value is -4.01. The lowest BCUT2D eigenvalue weighted by Crippen LogP contribution is -2.16. The molecule has 9 nitrogen and oxygen atoms in total. The molecule has 0 radical (unpaired) electrons. The van der Waals surface area contributed by atoms with Crippen molar-refractivity contribution < 1.29 is 10.0 Å². The van der Waals surface area contributed by atoms with Crippen LogP contribution in [-0.2, 0) is 6.42 Å². The van der Waals surface area contributed by atoms with Crippen molar-refractivity contribution in [2.75, 3.05) is 0 Å². The van der Waals surface area contributed by atoms with Crippen LogP contribution in [0.4, 0.5) is 5.69 Å². The Balaban J connectivity index is 1.77. The molecule has 0 saturated heterocycles. The number of aromatic hydroxyl groups is 1. The lowest BCUT2D eigenvalue weighted by Gasteiger charge is -2.07. The van der Waals surface area contributed by atoms with E-state index in [1.165, 1.54) is 16.6 Å². The molecule has 0 aliphatic rings. The van der Waals surface area contributed by atoms with Crippen molar-refractivity contribution in [2.45, 2.75) is 6.42 Å². The minimum Gasteiger partial charge on any atom is -0.493 e. The molecule has 0 bridgehead atoms. The predicted molar refractivity (Wildman–Crippen MR) is 96.6 cm³/mol. The van der Waals surface area contributed by atoms with E-state index in [0.717, 1.165) is 5.56 Å². The molecule has 3 aromatic heterocycles. The fraction of sp³-hybridized carbons (Fsp3) is 0.0556. The van der Waals surface area contributed by atoms with Crippen LogP contribution in [-0.4, -0.2) is 29.6 Å². The lowest BCUT2D eigenvalue weighted by atomic mass is 10.1. The molecular formula is C18H13N5O4. The monoisotopic (exact) mass is 363 g/mol. The molecule has 4 rings (SSSR count). The van der Waals surface area contributed by atoms with Crippen molar-refractivity contribution in [2.24, 2.45) is 0 Å². The fourth-order valence-electron chi connectivity index (χ4n) is 2.88. The van der Waals surface area contributed by atoms with Crippen LogP contribution in [0.15, 0.2) is 59.8 Å². The maximum absolute atomic E-state index is 12.5. The summed E-state index contributed by atoms with van der Waals surface area (Å²) in [6.07, 6.45) is 4.91. The third kappa shape index (κ3) is 2.91. The Bertz CT molecular complexity index is 1200. The summed E-state index contributed by atoms with van der Waals surface area (Å²) < 4.78 is 1.26. The van der Waals surface area contributed by atoms with E-state index >= 15 is 0 Å². The fourth-order valence-corrected chi connectivity index (χ4v) is 2.88. The molecule has 27 heavy (non-hydrogen) atoms. The number of benzene rings is 1. The average Bonchev–Trinajstić information content (AvgIpc) is 3.10. The quantitative estimate of drug-likeness (QED) is 0.423. The van der Waals surface area contributed by atoms with Gasteiger partial charge >= 0.3 is 0 Å². The van der Waals surface area contributed by atoms with E-state index in [1.54, 1.807) is 42.9 Å². The smallest absolute Gasteiger partial charge is 0.269 e. The van der Waals surface area contributed by atoms with Crippen LogP contribution < -0.4 is 5.56 Å². The molecule has 0 saturated carbocycles. The number of nitrogens with zero attached hydrogens (tertiary/aromatic N) is 4. The molecule has 134 valence electrons. The number of aromatic amines is 1. The van der Waals surface area contributed by atoms with E-state index in [-0.39, 0.29) is 23.6 Å². The van der Waals surface area contributed by atoms with E-state index in [4.69, 9.17) is 0 Å². The van der Waals surface area contributed by atoms with Gasteiger partial charge in [0.1, 0.15) is 5.65 Å². The second-order valence-electron chi connectivity index (χ2n) is 5.91. The highest BCUT2D eigenvalue weighted by Gasteiger charge is 2.17. The highest BCUT2D eigenvalue weighted by molar-refractivity contribution is 5.77. The van der Waals surface area contributed by atoms with Gasteiger partial charge in [0.15, 0.2) is 0 Å². The third-order valence-corrected chi connectivity index (χ3v) is 4.27. The molecule has 0 aliphatic carbocycles. The molecular weight excluding hydrogens is 350 g/mol. The molecule has 0 unspecified atom stereocenters. The second kappa shape index (κ2) is 6.37. The molecule has 1 aromatic carbocycles.